The predicted octanol–water partition coefficient (Wildman–Crippen LogP) is 3.96. The van der Waals surface area contributed by atoms with Crippen LogP contribution in [-0.4, -0.2) is 43.5 Å². The van der Waals surface area contributed by atoms with Crippen molar-refractivity contribution in [3.8, 4) is 0 Å². The van der Waals surface area contributed by atoms with Crippen LogP contribution in [-0.2, 0) is 0 Å². The van der Waals surface area contributed by atoms with Crippen LogP contribution in [0.5, 0.6) is 0 Å². The summed E-state index contributed by atoms with van der Waals surface area (Å²) in [5.41, 5.74) is -0.767. The highest BCUT2D eigenvalue weighted by molar-refractivity contribution is 5.92. The van der Waals surface area contributed by atoms with E-state index in [-0.39, 0.29) is 5.71 Å². The number of halogens is 3. The molecule has 0 radical (unpaired) electrons. The van der Waals surface area contributed by atoms with E-state index in [9.17, 15) is 13.2 Å². The normalized spacial score (nSPS) is 26.7. The molecule has 2 atom stereocenters. The molecule has 0 aromatic carbocycles. The van der Waals surface area contributed by atoms with E-state index in [1.165, 1.54) is 45.8 Å². The Morgan fingerprint density at radius 2 is 1.83 bits per heavy atom. The molecule has 0 aromatic heterocycles. The van der Waals surface area contributed by atoms with Crippen molar-refractivity contribution >= 4 is 5.71 Å². The number of rotatable bonds is 7. The van der Waals surface area contributed by atoms with Crippen molar-refractivity contribution in [1.29, 1.82) is 5.41 Å². The maximum Gasteiger partial charge on any atom is 0.430 e. The molecule has 0 bridgehead atoms. The quantitative estimate of drug-likeness (QED) is 0.693. The van der Waals surface area contributed by atoms with Crippen molar-refractivity contribution in [2.24, 2.45) is 11.8 Å². The van der Waals surface area contributed by atoms with Gasteiger partial charge in [0.1, 0.15) is 5.70 Å². The third-order valence-electron chi connectivity index (χ3n) is 5.19. The lowest BCUT2D eigenvalue weighted by atomic mass is 9.70. The van der Waals surface area contributed by atoms with Crippen molar-refractivity contribution in [3.05, 3.63) is 11.8 Å². The Hall–Kier alpha value is -1.04. The van der Waals surface area contributed by atoms with Gasteiger partial charge in [-0.25, -0.2) is 0 Å². The summed E-state index contributed by atoms with van der Waals surface area (Å²) in [5, 5.41) is 9.93. The summed E-state index contributed by atoms with van der Waals surface area (Å²) in [6.45, 7) is 3.52. The maximum absolute atomic E-state index is 12.6. The van der Waals surface area contributed by atoms with Gasteiger partial charge in [-0.15, -0.1) is 0 Å². The second-order valence-electron chi connectivity index (χ2n) is 6.83. The Morgan fingerprint density at radius 3 is 2.35 bits per heavy atom. The van der Waals surface area contributed by atoms with Gasteiger partial charge in [0.2, 0.25) is 0 Å². The fraction of sp³-hybridized carbons (Fsp3) is 0.824. The first-order chi connectivity index (χ1) is 10.9. The molecule has 0 amide bonds. The zero-order chi connectivity index (χ0) is 16.9. The van der Waals surface area contributed by atoms with Crippen molar-refractivity contribution in [2.45, 2.75) is 51.1 Å². The van der Waals surface area contributed by atoms with E-state index in [1.807, 2.05) is 0 Å². The molecule has 2 rings (SSSR count). The van der Waals surface area contributed by atoms with Gasteiger partial charge in [-0.3, -0.25) is 0 Å². The standard InChI is InChI=1S/C17H28F3N3/c1-22-16(17(18,19)20)11-15(21)8-7-13-5-6-14(13)12-23-9-3-2-4-10-23/h11,13-14,21-22H,2-10,12H2,1H3/b16-11-,21-15?. The molecule has 2 N–H and O–H groups in total. The molecule has 2 unspecified atom stereocenters. The molecule has 0 aromatic rings. The van der Waals surface area contributed by atoms with E-state index in [0.717, 1.165) is 25.5 Å². The van der Waals surface area contributed by atoms with Gasteiger partial charge < -0.3 is 15.6 Å². The fourth-order valence-corrected chi connectivity index (χ4v) is 3.62. The van der Waals surface area contributed by atoms with Crippen molar-refractivity contribution < 1.29 is 13.2 Å². The van der Waals surface area contributed by atoms with E-state index in [2.05, 4.69) is 10.2 Å². The Morgan fingerprint density at radius 1 is 1.17 bits per heavy atom. The fourth-order valence-electron chi connectivity index (χ4n) is 3.62. The summed E-state index contributed by atoms with van der Waals surface area (Å²) in [6, 6.07) is 0. The molecule has 1 saturated carbocycles. The highest BCUT2D eigenvalue weighted by Crippen LogP contribution is 2.38. The molecular weight excluding hydrogens is 303 g/mol. The summed E-state index contributed by atoms with van der Waals surface area (Å²) in [6.07, 6.45) is 4.09. The van der Waals surface area contributed by atoms with E-state index < -0.39 is 11.9 Å². The molecule has 6 heteroatoms. The molecule has 0 spiro atoms. The van der Waals surface area contributed by atoms with Crippen LogP contribution in [0.3, 0.4) is 0 Å². The minimum absolute atomic E-state index is 0.0651. The van der Waals surface area contributed by atoms with E-state index in [0.29, 0.717) is 18.3 Å². The van der Waals surface area contributed by atoms with Crippen LogP contribution < -0.4 is 5.32 Å². The number of nitrogens with one attached hydrogen (secondary N) is 2. The van der Waals surface area contributed by atoms with Gasteiger partial charge in [-0.2, -0.15) is 13.2 Å². The summed E-state index contributed by atoms with van der Waals surface area (Å²) < 4.78 is 37.9. The Bertz CT molecular complexity index is 425. The third-order valence-corrected chi connectivity index (χ3v) is 5.19. The Labute approximate surface area is 136 Å². The first-order valence-electron chi connectivity index (χ1n) is 8.66. The number of hydrogen-bond acceptors (Lipinski definition) is 3. The number of alkyl halides is 3. The van der Waals surface area contributed by atoms with Gasteiger partial charge >= 0.3 is 6.18 Å². The number of hydrogen-bond donors (Lipinski definition) is 2. The molecule has 1 saturated heterocycles. The van der Waals surface area contributed by atoms with Gasteiger partial charge in [0.25, 0.3) is 0 Å². The first-order valence-corrected chi connectivity index (χ1v) is 8.66. The van der Waals surface area contributed by atoms with Crippen LogP contribution >= 0.6 is 0 Å². The third kappa shape index (κ3) is 5.52. The molecular formula is C17H28F3N3. The zero-order valence-electron chi connectivity index (χ0n) is 13.9. The van der Waals surface area contributed by atoms with E-state index >= 15 is 0 Å². The lowest BCUT2D eigenvalue weighted by Gasteiger charge is -2.41. The molecule has 132 valence electrons. The Kier molecular flexibility index (Phi) is 6.50. The van der Waals surface area contributed by atoms with Crippen LogP contribution in [0.4, 0.5) is 13.2 Å². The zero-order valence-corrected chi connectivity index (χ0v) is 13.9. The van der Waals surface area contributed by atoms with Gasteiger partial charge in [0.05, 0.1) is 0 Å². The second kappa shape index (κ2) is 8.18. The molecule has 1 aliphatic heterocycles. The lowest BCUT2D eigenvalue weighted by Crippen LogP contribution is -2.40. The Balaban J connectivity index is 1.74. The largest absolute Gasteiger partial charge is 0.430 e. The van der Waals surface area contributed by atoms with Crippen LogP contribution in [0, 0.1) is 17.2 Å². The highest BCUT2D eigenvalue weighted by atomic mass is 19.4. The molecule has 2 fully saturated rings. The lowest BCUT2D eigenvalue weighted by molar-refractivity contribution is -0.0959. The predicted molar refractivity (Wildman–Crippen MR) is 86.7 cm³/mol. The number of nitrogens with zero attached hydrogens (tertiary/aromatic N) is 1. The van der Waals surface area contributed by atoms with Crippen LogP contribution in [0.25, 0.3) is 0 Å². The second-order valence-corrected chi connectivity index (χ2v) is 6.83. The van der Waals surface area contributed by atoms with Crippen LogP contribution in [0.1, 0.15) is 44.9 Å². The minimum Gasteiger partial charge on any atom is -0.384 e. The SMILES string of the molecule is CN/C(=C\C(=N)CCC1CCC1CN1CCCCC1)C(F)(F)F. The van der Waals surface area contributed by atoms with Crippen molar-refractivity contribution in [3.63, 3.8) is 0 Å². The molecule has 1 heterocycles. The number of allylic oxidation sites excluding steroid dienone is 2. The molecule has 1 aliphatic carbocycles. The topological polar surface area (TPSA) is 39.1 Å². The number of piperidine rings is 1. The monoisotopic (exact) mass is 331 g/mol. The average Bonchev–Trinajstić information content (AvgIpc) is 2.49. The smallest absolute Gasteiger partial charge is 0.384 e. The van der Waals surface area contributed by atoms with E-state index in [1.54, 1.807) is 0 Å². The molecule has 3 nitrogen and oxygen atoms in total. The van der Waals surface area contributed by atoms with Crippen LogP contribution in [0.15, 0.2) is 11.8 Å². The van der Waals surface area contributed by atoms with Gasteiger partial charge in [-0.1, -0.05) is 6.42 Å². The minimum atomic E-state index is -4.41. The highest BCUT2D eigenvalue weighted by Gasteiger charge is 2.34. The van der Waals surface area contributed by atoms with E-state index in [4.69, 9.17) is 5.41 Å². The first kappa shape index (κ1) is 18.3. The van der Waals surface area contributed by atoms with Gasteiger partial charge in [-0.05, 0) is 69.5 Å². The summed E-state index contributed by atoms with van der Waals surface area (Å²) >= 11 is 0. The maximum atomic E-state index is 12.6. The molecule has 23 heavy (non-hydrogen) atoms. The number of likely N-dealkylation sites (tertiary alicyclic amines) is 1. The van der Waals surface area contributed by atoms with Crippen molar-refractivity contribution in [1.82, 2.24) is 10.2 Å². The summed E-state index contributed by atoms with van der Waals surface area (Å²) in [4.78, 5) is 2.54. The van der Waals surface area contributed by atoms with Gasteiger partial charge in [0, 0.05) is 19.3 Å². The van der Waals surface area contributed by atoms with Crippen LogP contribution in [0.2, 0.25) is 0 Å². The van der Waals surface area contributed by atoms with Crippen molar-refractivity contribution in [2.75, 3.05) is 26.7 Å². The average molecular weight is 331 g/mol. The molecule has 2 aliphatic rings. The summed E-state index contributed by atoms with van der Waals surface area (Å²) in [7, 11) is 1.24. The summed E-state index contributed by atoms with van der Waals surface area (Å²) in [5.74, 6) is 1.26. The van der Waals surface area contributed by atoms with Gasteiger partial charge in [0.15, 0.2) is 0 Å².